The molecule has 1 aliphatic rings. The van der Waals surface area contributed by atoms with Gasteiger partial charge in [0, 0.05) is 36.9 Å². The average molecular weight is 275 g/mol. The summed E-state index contributed by atoms with van der Waals surface area (Å²) in [6, 6.07) is 3.27. The molecule has 112 valence electrons. The minimum atomic E-state index is 0.495. The van der Waals surface area contributed by atoms with Gasteiger partial charge in [-0.25, -0.2) is 4.98 Å². The van der Waals surface area contributed by atoms with Gasteiger partial charge in [0.05, 0.1) is 0 Å². The molecular formula is C17H29N3. The second kappa shape index (κ2) is 6.13. The molecule has 1 aliphatic carbocycles. The maximum atomic E-state index is 4.83. The lowest BCUT2D eigenvalue weighted by atomic mass is 10.1. The van der Waals surface area contributed by atoms with Crippen LogP contribution in [-0.2, 0) is 6.54 Å². The molecule has 1 N–H and O–H groups in total. The lowest BCUT2D eigenvalue weighted by molar-refractivity contribution is 0.574. The summed E-state index contributed by atoms with van der Waals surface area (Å²) < 4.78 is 0. The fourth-order valence-electron chi connectivity index (χ4n) is 2.75. The number of aryl methyl sites for hydroxylation is 2. The summed E-state index contributed by atoms with van der Waals surface area (Å²) in [5, 5.41) is 3.53. The van der Waals surface area contributed by atoms with Crippen molar-refractivity contribution in [2.24, 2.45) is 5.92 Å². The maximum Gasteiger partial charge on any atom is 0.133 e. The van der Waals surface area contributed by atoms with Crippen LogP contribution in [0, 0.1) is 19.8 Å². The van der Waals surface area contributed by atoms with Crippen molar-refractivity contribution in [3.8, 4) is 0 Å². The number of aromatic nitrogens is 1. The summed E-state index contributed by atoms with van der Waals surface area (Å²) in [6.45, 7) is 11.9. The Bertz CT molecular complexity index is 464. The lowest BCUT2D eigenvalue weighted by Gasteiger charge is -2.29. The van der Waals surface area contributed by atoms with E-state index in [1.54, 1.807) is 0 Å². The minimum Gasteiger partial charge on any atom is -0.356 e. The SMILES string of the molecule is Cc1cc(C)c(CNC(C)C)c(N(C)C(C)C2CC2)n1. The second-order valence-electron chi connectivity index (χ2n) is 6.61. The number of pyridine rings is 1. The van der Waals surface area contributed by atoms with E-state index in [1.807, 2.05) is 0 Å². The molecule has 0 spiro atoms. The average Bonchev–Trinajstić information content (AvgIpc) is 3.19. The molecular weight excluding hydrogens is 246 g/mol. The first-order chi connectivity index (χ1) is 9.40. The van der Waals surface area contributed by atoms with E-state index >= 15 is 0 Å². The first-order valence-corrected chi connectivity index (χ1v) is 7.83. The first-order valence-electron chi connectivity index (χ1n) is 7.83. The summed E-state index contributed by atoms with van der Waals surface area (Å²) in [6.07, 6.45) is 2.74. The zero-order chi connectivity index (χ0) is 14.9. The minimum absolute atomic E-state index is 0.495. The Labute approximate surface area is 123 Å². The molecule has 1 unspecified atom stereocenters. The highest BCUT2D eigenvalue weighted by molar-refractivity contribution is 5.52. The van der Waals surface area contributed by atoms with Gasteiger partial charge in [0.15, 0.2) is 0 Å². The first kappa shape index (κ1) is 15.3. The summed E-state index contributed by atoms with van der Waals surface area (Å²) in [5.74, 6) is 2.02. The van der Waals surface area contributed by atoms with Gasteiger partial charge in [0.25, 0.3) is 0 Å². The van der Waals surface area contributed by atoms with E-state index in [2.05, 4.69) is 57.9 Å². The van der Waals surface area contributed by atoms with Gasteiger partial charge < -0.3 is 10.2 Å². The van der Waals surface area contributed by atoms with E-state index in [-0.39, 0.29) is 0 Å². The van der Waals surface area contributed by atoms with Crippen LogP contribution in [0.3, 0.4) is 0 Å². The molecule has 3 heteroatoms. The Morgan fingerprint density at radius 3 is 2.50 bits per heavy atom. The van der Waals surface area contributed by atoms with Gasteiger partial charge in [0.1, 0.15) is 5.82 Å². The molecule has 0 saturated heterocycles. The summed E-state index contributed by atoms with van der Waals surface area (Å²) in [4.78, 5) is 7.21. The smallest absolute Gasteiger partial charge is 0.133 e. The van der Waals surface area contributed by atoms with Gasteiger partial charge in [-0.05, 0) is 51.2 Å². The Morgan fingerprint density at radius 2 is 1.95 bits per heavy atom. The van der Waals surface area contributed by atoms with Crippen LogP contribution in [0.5, 0.6) is 0 Å². The number of hydrogen-bond acceptors (Lipinski definition) is 3. The number of nitrogens with zero attached hydrogens (tertiary/aromatic N) is 2. The van der Waals surface area contributed by atoms with Crippen LogP contribution in [0.4, 0.5) is 5.82 Å². The monoisotopic (exact) mass is 275 g/mol. The quantitative estimate of drug-likeness (QED) is 0.862. The third-order valence-electron chi connectivity index (χ3n) is 4.39. The summed E-state index contributed by atoms with van der Waals surface area (Å²) in [5.41, 5.74) is 3.80. The van der Waals surface area contributed by atoms with Crippen LogP contribution < -0.4 is 10.2 Å². The number of nitrogens with one attached hydrogen (secondary N) is 1. The molecule has 1 aromatic heterocycles. The summed E-state index contributed by atoms with van der Waals surface area (Å²) in [7, 11) is 2.20. The molecule has 20 heavy (non-hydrogen) atoms. The Kier molecular flexibility index (Phi) is 4.69. The molecule has 0 amide bonds. The van der Waals surface area contributed by atoms with E-state index in [9.17, 15) is 0 Å². The second-order valence-corrected chi connectivity index (χ2v) is 6.61. The zero-order valence-corrected chi connectivity index (χ0v) is 13.8. The number of hydrogen-bond donors (Lipinski definition) is 1. The molecule has 1 aromatic rings. The lowest BCUT2D eigenvalue weighted by Crippen LogP contribution is -2.33. The van der Waals surface area contributed by atoms with Gasteiger partial charge in [-0.15, -0.1) is 0 Å². The fraction of sp³-hybridized carbons (Fsp3) is 0.706. The van der Waals surface area contributed by atoms with Crippen LogP contribution in [-0.4, -0.2) is 24.1 Å². The molecule has 3 nitrogen and oxygen atoms in total. The normalized spacial score (nSPS) is 16.6. The Hall–Kier alpha value is -1.09. The van der Waals surface area contributed by atoms with Crippen molar-refractivity contribution in [2.75, 3.05) is 11.9 Å². The molecule has 2 rings (SSSR count). The van der Waals surface area contributed by atoms with E-state index in [0.717, 1.165) is 24.0 Å². The predicted molar refractivity (Wildman–Crippen MR) is 86.3 cm³/mol. The van der Waals surface area contributed by atoms with Crippen LogP contribution in [0.2, 0.25) is 0 Å². The van der Waals surface area contributed by atoms with Gasteiger partial charge in [0.2, 0.25) is 0 Å². The van der Waals surface area contributed by atoms with Crippen molar-refractivity contribution in [1.29, 1.82) is 0 Å². The van der Waals surface area contributed by atoms with Gasteiger partial charge in [-0.1, -0.05) is 13.8 Å². The zero-order valence-electron chi connectivity index (χ0n) is 13.8. The molecule has 1 fully saturated rings. The predicted octanol–water partition coefficient (Wildman–Crippen LogP) is 3.43. The number of rotatable bonds is 6. The molecule has 0 aliphatic heterocycles. The standard InChI is InChI=1S/C17H29N3/c1-11(2)18-10-16-12(3)9-13(4)19-17(16)20(6)14(5)15-7-8-15/h9,11,14-15,18H,7-8,10H2,1-6H3. The highest BCUT2D eigenvalue weighted by atomic mass is 15.2. The maximum absolute atomic E-state index is 4.83. The molecule has 0 aromatic carbocycles. The van der Waals surface area contributed by atoms with Crippen molar-refractivity contribution in [1.82, 2.24) is 10.3 Å². The van der Waals surface area contributed by atoms with Crippen LogP contribution in [0.15, 0.2) is 6.07 Å². The van der Waals surface area contributed by atoms with Gasteiger partial charge in [-0.3, -0.25) is 0 Å². The van der Waals surface area contributed by atoms with Gasteiger partial charge >= 0.3 is 0 Å². The highest BCUT2D eigenvalue weighted by Crippen LogP contribution is 2.37. The third-order valence-corrected chi connectivity index (χ3v) is 4.39. The van der Waals surface area contributed by atoms with Crippen molar-refractivity contribution in [3.63, 3.8) is 0 Å². The fourth-order valence-corrected chi connectivity index (χ4v) is 2.75. The Balaban J connectivity index is 2.28. The van der Waals surface area contributed by atoms with Crippen molar-refractivity contribution >= 4 is 5.82 Å². The third kappa shape index (κ3) is 3.51. The van der Waals surface area contributed by atoms with E-state index in [4.69, 9.17) is 4.98 Å². The van der Waals surface area contributed by atoms with Crippen molar-refractivity contribution < 1.29 is 0 Å². The molecule has 0 bridgehead atoms. The van der Waals surface area contributed by atoms with Crippen LogP contribution in [0.1, 0.15) is 50.4 Å². The van der Waals surface area contributed by atoms with Crippen LogP contribution >= 0.6 is 0 Å². The molecule has 1 atom stereocenters. The van der Waals surface area contributed by atoms with Crippen molar-refractivity contribution in [3.05, 3.63) is 22.9 Å². The van der Waals surface area contributed by atoms with Gasteiger partial charge in [-0.2, -0.15) is 0 Å². The summed E-state index contributed by atoms with van der Waals surface area (Å²) >= 11 is 0. The van der Waals surface area contributed by atoms with Crippen LogP contribution in [0.25, 0.3) is 0 Å². The highest BCUT2D eigenvalue weighted by Gasteiger charge is 2.32. The van der Waals surface area contributed by atoms with E-state index in [1.165, 1.54) is 24.0 Å². The van der Waals surface area contributed by atoms with E-state index < -0.39 is 0 Å². The molecule has 1 heterocycles. The molecule has 0 radical (unpaired) electrons. The number of anilines is 1. The Morgan fingerprint density at radius 1 is 1.30 bits per heavy atom. The topological polar surface area (TPSA) is 28.2 Å². The van der Waals surface area contributed by atoms with E-state index in [0.29, 0.717) is 12.1 Å². The molecule has 1 saturated carbocycles. The largest absolute Gasteiger partial charge is 0.356 e. The van der Waals surface area contributed by atoms with Crippen molar-refractivity contribution in [2.45, 2.75) is 66.1 Å².